The van der Waals surface area contributed by atoms with Crippen molar-refractivity contribution in [2.24, 2.45) is 0 Å². The second kappa shape index (κ2) is 7.79. The largest absolute Gasteiger partial charge is 0.496 e. The molecule has 19 heavy (non-hydrogen) atoms. The third kappa shape index (κ3) is 4.91. The Morgan fingerprint density at radius 3 is 2.68 bits per heavy atom. The lowest BCUT2D eigenvalue weighted by molar-refractivity contribution is -0.119. The highest BCUT2D eigenvalue weighted by Gasteiger charge is 2.13. The minimum Gasteiger partial charge on any atom is -0.496 e. The summed E-state index contributed by atoms with van der Waals surface area (Å²) in [5.41, 5.74) is 2.22. The van der Waals surface area contributed by atoms with Crippen molar-refractivity contribution in [1.29, 1.82) is 0 Å². The smallest absolute Gasteiger partial charge is 0.217 e. The van der Waals surface area contributed by atoms with E-state index in [2.05, 4.69) is 16.7 Å². The van der Waals surface area contributed by atoms with Crippen molar-refractivity contribution in [2.75, 3.05) is 20.7 Å². The summed E-state index contributed by atoms with van der Waals surface area (Å²) in [7, 11) is 3.60. The predicted octanol–water partition coefficient (Wildman–Crippen LogP) is 2.18. The van der Waals surface area contributed by atoms with Crippen LogP contribution in [0.15, 0.2) is 18.2 Å². The van der Waals surface area contributed by atoms with E-state index in [9.17, 15) is 4.79 Å². The zero-order valence-electron chi connectivity index (χ0n) is 12.2. The van der Waals surface area contributed by atoms with Crippen LogP contribution in [0.2, 0.25) is 0 Å². The van der Waals surface area contributed by atoms with Gasteiger partial charge in [-0.3, -0.25) is 4.79 Å². The fourth-order valence-corrected chi connectivity index (χ4v) is 2.17. The van der Waals surface area contributed by atoms with Gasteiger partial charge in [-0.1, -0.05) is 12.1 Å². The van der Waals surface area contributed by atoms with Crippen LogP contribution in [-0.2, 0) is 4.79 Å². The molecule has 1 atom stereocenters. The Labute approximate surface area is 115 Å². The molecule has 1 rings (SSSR count). The highest BCUT2D eigenvalue weighted by atomic mass is 16.5. The second-order valence-corrected chi connectivity index (χ2v) is 4.73. The van der Waals surface area contributed by atoms with Crippen LogP contribution < -0.4 is 15.4 Å². The minimum absolute atomic E-state index is 0.00271. The van der Waals surface area contributed by atoms with E-state index < -0.39 is 0 Å². The van der Waals surface area contributed by atoms with Crippen molar-refractivity contribution in [1.82, 2.24) is 10.6 Å². The molecule has 0 aliphatic heterocycles. The number of carbonyl (C=O) groups is 1. The Kier molecular flexibility index (Phi) is 6.36. The summed E-state index contributed by atoms with van der Waals surface area (Å²) < 4.78 is 5.26. The molecule has 1 amide bonds. The monoisotopic (exact) mass is 264 g/mol. The fourth-order valence-electron chi connectivity index (χ4n) is 2.17. The first-order chi connectivity index (χ1) is 9.08. The molecule has 0 aliphatic carbocycles. The summed E-state index contributed by atoms with van der Waals surface area (Å²) in [5, 5.41) is 6.14. The molecule has 4 nitrogen and oxygen atoms in total. The molecule has 2 N–H and O–H groups in total. The molecule has 0 saturated carbocycles. The molecule has 0 fully saturated rings. The lowest BCUT2D eigenvalue weighted by atomic mass is 9.99. The molecule has 1 aromatic rings. The molecule has 0 saturated heterocycles. The predicted molar refractivity (Wildman–Crippen MR) is 77.4 cm³/mol. The lowest BCUT2D eigenvalue weighted by Gasteiger charge is -2.19. The van der Waals surface area contributed by atoms with Gasteiger partial charge in [-0.05, 0) is 50.6 Å². The van der Waals surface area contributed by atoms with Gasteiger partial charge in [0.15, 0.2) is 0 Å². The normalized spacial score (nSPS) is 12.0. The van der Waals surface area contributed by atoms with Gasteiger partial charge in [-0.25, -0.2) is 0 Å². The van der Waals surface area contributed by atoms with Crippen molar-refractivity contribution in [3.8, 4) is 5.75 Å². The van der Waals surface area contributed by atoms with Gasteiger partial charge in [0.25, 0.3) is 0 Å². The van der Waals surface area contributed by atoms with Gasteiger partial charge >= 0.3 is 0 Å². The summed E-state index contributed by atoms with van der Waals surface area (Å²) in [6, 6.07) is 6.12. The Morgan fingerprint density at radius 2 is 2.16 bits per heavy atom. The number of aryl methyl sites for hydroxylation is 1. The SMILES string of the molecule is CNCCC[C@@H](NC(C)=O)c1ccc(OC)c(C)c1. The Hall–Kier alpha value is -1.55. The third-order valence-electron chi connectivity index (χ3n) is 3.12. The molecule has 0 aromatic heterocycles. The van der Waals surface area contributed by atoms with E-state index in [1.165, 1.54) is 0 Å². The second-order valence-electron chi connectivity index (χ2n) is 4.73. The van der Waals surface area contributed by atoms with E-state index in [1.807, 2.05) is 26.1 Å². The van der Waals surface area contributed by atoms with Crippen LogP contribution in [-0.4, -0.2) is 26.6 Å². The molecule has 0 unspecified atom stereocenters. The Morgan fingerprint density at radius 1 is 1.42 bits per heavy atom. The van der Waals surface area contributed by atoms with E-state index in [1.54, 1.807) is 14.0 Å². The summed E-state index contributed by atoms with van der Waals surface area (Å²) in [5.74, 6) is 0.878. The van der Waals surface area contributed by atoms with Crippen molar-refractivity contribution >= 4 is 5.91 Å². The molecule has 0 heterocycles. The summed E-state index contributed by atoms with van der Waals surface area (Å²) >= 11 is 0. The van der Waals surface area contributed by atoms with E-state index >= 15 is 0 Å². The molecule has 0 aliphatic rings. The number of nitrogens with one attached hydrogen (secondary N) is 2. The van der Waals surface area contributed by atoms with Crippen LogP contribution in [0.1, 0.15) is 36.9 Å². The van der Waals surface area contributed by atoms with Crippen molar-refractivity contribution < 1.29 is 9.53 Å². The van der Waals surface area contributed by atoms with E-state index in [4.69, 9.17) is 4.74 Å². The maximum atomic E-state index is 11.3. The molecule has 4 heteroatoms. The van der Waals surface area contributed by atoms with E-state index in [0.717, 1.165) is 36.3 Å². The van der Waals surface area contributed by atoms with Gasteiger partial charge in [-0.2, -0.15) is 0 Å². The Balaban J connectivity index is 2.83. The van der Waals surface area contributed by atoms with Crippen LogP contribution in [0, 0.1) is 6.92 Å². The molecular formula is C15H24N2O2. The Bertz CT molecular complexity index is 419. The van der Waals surface area contributed by atoms with E-state index in [-0.39, 0.29) is 11.9 Å². The number of methoxy groups -OCH3 is 1. The van der Waals surface area contributed by atoms with Gasteiger partial charge in [0.2, 0.25) is 5.91 Å². The maximum Gasteiger partial charge on any atom is 0.217 e. The lowest BCUT2D eigenvalue weighted by Crippen LogP contribution is -2.26. The third-order valence-corrected chi connectivity index (χ3v) is 3.12. The number of benzene rings is 1. The first-order valence-electron chi connectivity index (χ1n) is 6.64. The van der Waals surface area contributed by atoms with Gasteiger partial charge in [0.05, 0.1) is 13.2 Å². The average Bonchev–Trinajstić information content (AvgIpc) is 2.37. The number of carbonyl (C=O) groups excluding carboxylic acids is 1. The van der Waals surface area contributed by atoms with Crippen LogP contribution in [0.3, 0.4) is 0 Å². The van der Waals surface area contributed by atoms with Crippen molar-refractivity contribution in [2.45, 2.75) is 32.7 Å². The summed E-state index contributed by atoms with van der Waals surface area (Å²) in [4.78, 5) is 11.3. The minimum atomic E-state index is 0.00271. The number of amides is 1. The van der Waals surface area contributed by atoms with Gasteiger partial charge in [-0.15, -0.1) is 0 Å². The van der Waals surface area contributed by atoms with Gasteiger partial charge in [0, 0.05) is 6.92 Å². The molecule has 0 bridgehead atoms. The van der Waals surface area contributed by atoms with Crippen LogP contribution in [0.4, 0.5) is 0 Å². The summed E-state index contributed by atoms with van der Waals surface area (Å²) in [6.45, 7) is 4.52. The molecule has 106 valence electrons. The molecule has 0 spiro atoms. The first kappa shape index (κ1) is 15.5. The molecular weight excluding hydrogens is 240 g/mol. The van der Waals surface area contributed by atoms with E-state index in [0.29, 0.717) is 0 Å². The quantitative estimate of drug-likeness (QED) is 0.742. The van der Waals surface area contributed by atoms with Crippen LogP contribution >= 0.6 is 0 Å². The average molecular weight is 264 g/mol. The molecule has 1 aromatic carbocycles. The maximum absolute atomic E-state index is 11.3. The number of rotatable bonds is 7. The molecule has 0 radical (unpaired) electrons. The highest BCUT2D eigenvalue weighted by molar-refractivity contribution is 5.73. The van der Waals surface area contributed by atoms with Gasteiger partial charge in [0.1, 0.15) is 5.75 Å². The zero-order chi connectivity index (χ0) is 14.3. The van der Waals surface area contributed by atoms with Crippen LogP contribution in [0.25, 0.3) is 0 Å². The highest BCUT2D eigenvalue weighted by Crippen LogP contribution is 2.25. The van der Waals surface area contributed by atoms with Crippen molar-refractivity contribution in [3.63, 3.8) is 0 Å². The number of ether oxygens (including phenoxy) is 1. The van der Waals surface area contributed by atoms with Crippen LogP contribution in [0.5, 0.6) is 5.75 Å². The number of hydrogen-bond donors (Lipinski definition) is 2. The standard InChI is InChI=1S/C15H24N2O2/c1-11-10-13(7-8-15(11)19-4)14(17-12(2)18)6-5-9-16-3/h7-8,10,14,16H,5-6,9H2,1-4H3,(H,17,18)/t14-/m1/s1. The van der Waals surface area contributed by atoms with Crippen molar-refractivity contribution in [3.05, 3.63) is 29.3 Å². The number of hydrogen-bond acceptors (Lipinski definition) is 3. The first-order valence-corrected chi connectivity index (χ1v) is 6.64. The van der Waals surface area contributed by atoms with Gasteiger partial charge < -0.3 is 15.4 Å². The fraction of sp³-hybridized carbons (Fsp3) is 0.533. The topological polar surface area (TPSA) is 50.4 Å². The summed E-state index contributed by atoms with van der Waals surface area (Å²) in [6.07, 6.45) is 1.94. The zero-order valence-corrected chi connectivity index (χ0v) is 12.2.